The Labute approximate surface area is 116 Å². The number of carbonyl (C=O) groups is 1. The van der Waals surface area contributed by atoms with Crippen molar-refractivity contribution in [3.63, 3.8) is 0 Å². The van der Waals surface area contributed by atoms with Crippen LogP contribution in [0.25, 0.3) is 0 Å². The van der Waals surface area contributed by atoms with Gasteiger partial charge in [-0.1, -0.05) is 51.1 Å². The SMILES string of the molecule is CC(C)(C)C(=O)N1CCC(Cc2ccccc2)CC1. The summed E-state index contributed by atoms with van der Waals surface area (Å²) in [4.78, 5) is 14.3. The predicted molar refractivity (Wildman–Crippen MR) is 78.9 cm³/mol. The van der Waals surface area contributed by atoms with Gasteiger partial charge in [0.1, 0.15) is 0 Å². The smallest absolute Gasteiger partial charge is 0.227 e. The lowest BCUT2D eigenvalue weighted by Gasteiger charge is -2.35. The van der Waals surface area contributed by atoms with Gasteiger partial charge >= 0.3 is 0 Å². The standard InChI is InChI=1S/C17H25NO/c1-17(2,3)16(19)18-11-9-15(10-12-18)13-14-7-5-4-6-8-14/h4-8,15H,9-13H2,1-3H3. The molecule has 2 heteroatoms. The van der Waals surface area contributed by atoms with Crippen LogP contribution in [0.15, 0.2) is 30.3 Å². The second-order valence-corrected chi connectivity index (χ2v) is 6.68. The minimum atomic E-state index is -0.244. The highest BCUT2D eigenvalue weighted by Crippen LogP contribution is 2.25. The van der Waals surface area contributed by atoms with Crippen LogP contribution in [0.3, 0.4) is 0 Å². The van der Waals surface area contributed by atoms with Crippen molar-refractivity contribution in [1.29, 1.82) is 0 Å². The van der Waals surface area contributed by atoms with E-state index in [1.807, 2.05) is 25.7 Å². The quantitative estimate of drug-likeness (QED) is 0.796. The molecular weight excluding hydrogens is 234 g/mol. The van der Waals surface area contributed by atoms with E-state index >= 15 is 0 Å². The van der Waals surface area contributed by atoms with E-state index in [1.54, 1.807) is 0 Å². The van der Waals surface area contributed by atoms with Gasteiger partial charge < -0.3 is 4.90 Å². The summed E-state index contributed by atoms with van der Waals surface area (Å²) in [5.41, 5.74) is 1.18. The third-order valence-corrected chi connectivity index (χ3v) is 3.91. The third-order valence-electron chi connectivity index (χ3n) is 3.91. The van der Waals surface area contributed by atoms with Gasteiger partial charge in [0.2, 0.25) is 5.91 Å². The molecule has 1 aliphatic heterocycles. The lowest BCUT2D eigenvalue weighted by atomic mass is 9.88. The van der Waals surface area contributed by atoms with Gasteiger partial charge in [0.15, 0.2) is 0 Å². The van der Waals surface area contributed by atoms with Gasteiger partial charge in [-0.15, -0.1) is 0 Å². The second kappa shape index (κ2) is 5.77. The third kappa shape index (κ3) is 3.82. The number of carbonyl (C=O) groups excluding carboxylic acids is 1. The molecule has 0 N–H and O–H groups in total. The highest BCUT2D eigenvalue weighted by molar-refractivity contribution is 5.81. The molecular formula is C17H25NO. The first-order valence-corrected chi connectivity index (χ1v) is 7.30. The molecule has 1 fully saturated rings. The molecule has 1 heterocycles. The van der Waals surface area contributed by atoms with Crippen molar-refractivity contribution < 1.29 is 4.79 Å². The van der Waals surface area contributed by atoms with Crippen LogP contribution in [0, 0.1) is 11.3 Å². The number of hydrogen-bond donors (Lipinski definition) is 0. The predicted octanol–water partition coefficient (Wildman–Crippen LogP) is 3.51. The molecule has 0 spiro atoms. The summed E-state index contributed by atoms with van der Waals surface area (Å²) in [5, 5.41) is 0. The normalized spacial score (nSPS) is 17.5. The molecule has 19 heavy (non-hydrogen) atoms. The van der Waals surface area contributed by atoms with E-state index in [1.165, 1.54) is 5.56 Å². The van der Waals surface area contributed by atoms with Crippen LogP contribution < -0.4 is 0 Å². The summed E-state index contributed by atoms with van der Waals surface area (Å²) < 4.78 is 0. The molecule has 1 aromatic rings. The molecule has 1 saturated heterocycles. The van der Waals surface area contributed by atoms with Crippen LogP contribution in [0.2, 0.25) is 0 Å². The van der Waals surface area contributed by atoms with E-state index in [9.17, 15) is 4.79 Å². The van der Waals surface area contributed by atoms with Crippen LogP contribution in [-0.4, -0.2) is 23.9 Å². The Bertz CT molecular complexity index is 411. The molecule has 0 saturated carbocycles. The average molecular weight is 259 g/mol. The van der Waals surface area contributed by atoms with Gasteiger partial charge in [0, 0.05) is 18.5 Å². The van der Waals surface area contributed by atoms with Crippen molar-refractivity contribution in [1.82, 2.24) is 4.90 Å². The van der Waals surface area contributed by atoms with Gasteiger partial charge in [0.25, 0.3) is 0 Å². The number of rotatable bonds is 2. The zero-order valence-electron chi connectivity index (χ0n) is 12.4. The first-order valence-electron chi connectivity index (χ1n) is 7.30. The number of piperidine rings is 1. The molecule has 0 bridgehead atoms. The van der Waals surface area contributed by atoms with Crippen molar-refractivity contribution in [3.05, 3.63) is 35.9 Å². The molecule has 1 aliphatic rings. The summed E-state index contributed by atoms with van der Waals surface area (Å²) in [6, 6.07) is 10.7. The highest BCUT2D eigenvalue weighted by atomic mass is 16.2. The molecule has 104 valence electrons. The Morgan fingerprint density at radius 2 is 1.74 bits per heavy atom. The minimum Gasteiger partial charge on any atom is -0.342 e. The summed E-state index contributed by atoms with van der Waals surface area (Å²) in [6.45, 7) is 7.86. The van der Waals surface area contributed by atoms with Crippen LogP contribution >= 0.6 is 0 Å². The van der Waals surface area contributed by atoms with Crippen LogP contribution in [0.4, 0.5) is 0 Å². The van der Waals surface area contributed by atoms with Crippen molar-refractivity contribution in [3.8, 4) is 0 Å². The Kier molecular flexibility index (Phi) is 4.28. The summed E-state index contributed by atoms with van der Waals surface area (Å²) in [5.74, 6) is 1.03. The van der Waals surface area contributed by atoms with Crippen LogP contribution in [0.5, 0.6) is 0 Å². The van der Waals surface area contributed by atoms with Crippen LogP contribution in [0.1, 0.15) is 39.2 Å². The molecule has 1 amide bonds. The fourth-order valence-corrected chi connectivity index (χ4v) is 2.76. The maximum absolute atomic E-state index is 12.2. The molecule has 0 atom stereocenters. The van der Waals surface area contributed by atoms with E-state index < -0.39 is 0 Å². The second-order valence-electron chi connectivity index (χ2n) is 6.68. The van der Waals surface area contributed by atoms with E-state index in [-0.39, 0.29) is 5.41 Å². The maximum Gasteiger partial charge on any atom is 0.227 e. The van der Waals surface area contributed by atoms with Gasteiger partial charge in [-0.3, -0.25) is 4.79 Å². The first-order chi connectivity index (χ1) is 8.97. The van der Waals surface area contributed by atoms with Crippen molar-refractivity contribution >= 4 is 5.91 Å². The largest absolute Gasteiger partial charge is 0.342 e. The molecule has 0 radical (unpaired) electrons. The summed E-state index contributed by atoms with van der Waals surface area (Å²) >= 11 is 0. The molecule has 2 rings (SSSR count). The Morgan fingerprint density at radius 3 is 2.26 bits per heavy atom. The average Bonchev–Trinajstić information content (AvgIpc) is 2.39. The fraction of sp³-hybridized carbons (Fsp3) is 0.588. The van der Waals surface area contributed by atoms with Crippen molar-refractivity contribution in [2.75, 3.05) is 13.1 Å². The molecule has 0 aromatic heterocycles. The first kappa shape index (κ1) is 14.1. The summed E-state index contributed by atoms with van der Waals surface area (Å²) in [7, 11) is 0. The zero-order chi connectivity index (χ0) is 13.9. The molecule has 0 unspecified atom stereocenters. The number of nitrogens with zero attached hydrogens (tertiary/aromatic N) is 1. The minimum absolute atomic E-state index is 0.244. The number of likely N-dealkylation sites (tertiary alicyclic amines) is 1. The van der Waals surface area contributed by atoms with E-state index in [2.05, 4.69) is 30.3 Å². The van der Waals surface area contributed by atoms with Gasteiger partial charge in [-0.05, 0) is 30.7 Å². The van der Waals surface area contributed by atoms with Gasteiger partial charge in [-0.2, -0.15) is 0 Å². The Balaban J connectivity index is 1.85. The van der Waals surface area contributed by atoms with E-state index in [4.69, 9.17) is 0 Å². The Hall–Kier alpha value is -1.31. The topological polar surface area (TPSA) is 20.3 Å². The highest BCUT2D eigenvalue weighted by Gasteiger charge is 2.30. The number of benzene rings is 1. The molecule has 1 aromatic carbocycles. The molecule has 0 aliphatic carbocycles. The fourth-order valence-electron chi connectivity index (χ4n) is 2.76. The lowest BCUT2D eigenvalue weighted by Crippen LogP contribution is -2.44. The number of amides is 1. The lowest BCUT2D eigenvalue weighted by molar-refractivity contribution is -0.140. The van der Waals surface area contributed by atoms with Crippen molar-refractivity contribution in [2.24, 2.45) is 11.3 Å². The summed E-state index contributed by atoms with van der Waals surface area (Å²) in [6.07, 6.45) is 3.42. The Morgan fingerprint density at radius 1 is 1.16 bits per heavy atom. The maximum atomic E-state index is 12.2. The van der Waals surface area contributed by atoms with Gasteiger partial charge in [-0.25, -0.2) is 0 Å². The van der Waals surface area contributed by atoms with E-state index in [0.29, 0.717) is 5.91 Å². The number of hydrogen-bond acceptors (Lipinski definition) is 1. The monoisotopic (exact) mass is 259 g/mol. The van der Waals surface area contributed by atoms with Gasteiger partial charge in [0.05, 0.1) is 0 Å². The van der Waals surface area contributed by atoms with Crippen LogP contribution in [-0.2, 0) is 11.2 Å². The van der Waals surface area contributed by atoms with Crippen molar-refractivity contribution in [2.45, 2.75) is 40.0 Å². The molecule has 2 nitrogen and oxygen atoms in total. The zero-order valence-corrected chi connectivity index (χ0v) is 12.4. The van der Waals surface area contributed by atoms with E-state index in [0.717, 1.165) is 38.3 Å².